The van der Waals surface area contributed by atoms with Gasteiger partial charge in [-0.25, -0.2) is 9.99 Å². The molecule has 7 heteroatoms. The minimum atomic E-state index is -0.194. The number of nitrogens with zero attached hydrogens (tertiary/aromatic N) is 5. The van der Waals surface area contributed by atoms with E-state index in [-0.39, 0.29) is 5.54 Å². The fourth-order valence-corrected chi connectivity index (χ4v) is 5.08. The fourth-order valence-electron chi connectivity index (χ4n) is 5.08. The lowest BCUT2D eigenvalue weighted by Gasteiger charge is -2.59. The van der Waals surface area contributed by atoms with Crippen LogP contribution in [0.25, 0.3) is 16.8 Å². The molecule has 0 radical (unpaired) electrons. The molecule has 2 unspecified atom stereocenters. The van der Waals surface area contributed by atoms with Gasteiger partial charge in [-0.1, -0.05) is 6.07 Å². The quantitative estimate of drug-likeness (QED) is 0.545. The second-order valence-electron chi connectivity index (χ2n) is 8.54. The highest BCUT2D eigenvalue weighted by molar-refractivity contribution is 5.71. The number of aromatic nitrogens is 4. The van der Waals surface area contributed by atoms with Crippen molar-refractivity contribution in [2.75, 3.05) is 5.43 Å². The Labute approximate surface area is 174 Å². The van der Waals surface area contributed by atoms with Gasteiger partial charge in [-0.3, -0.25) is 0 Å². The van der Waals surface area contributed by atoms with Crippen LogP contribution in [0.4, 0.5) is 5.69 Å². The third-order valence-corrected chi connectivity index (χ3v) is 6.62. The molecular weight excluding hydrogens is 376 g/mol. The first kappa shape index (κ1) is 17.7. The largest absolute Gasteiger partial charge is 0.423 e. The lowest BCUT2D eigenvalue weighted by atomic mass is 9.69. The molecule has 2 fully saturated rings. The highest BCUT2D eigenvalue weighted by atomic mass is 16.4. The molecule has 6 rings (SSSR count). The van der Waals surface area contributed by atoms with Crippen LogP contribution >= 0.6 is 0 Å². The summed E-state index contributed by atoms with van der Waals surface area (Å²) in [5.41, 5.74) is 9.01. The van der Waals surface area contributed by atoms with Crippen LogP contribution in [0.5, 0.6) is 0 Å². The second-order valence-corrected chi connectivity index (χ2v) is 8.54. The van der Waals surface area contributed by atoms with Crippen molar-refractivity contribution in [1.29, 1.82) is 0 Å². The Balaban J connectivity index is 1.34. The van der Waals surface area contributed by atoms with Gasteiger partial charge in [-0.05, 0) is 68.0 Å². The number of hydrogen-bond donors (Lipinski definition) is 1. The Morgan fingerprint density at radius 1 is 1.20 bits per heavy atom. The summed E-state index contributed by atoms with van der Waals surface area (Å²) in [5, 5.41) is 10.8. The summed E-state index contributed by atoms with van der Waals surface area (Å²) in [6, 6.07) is 11.0. The Morgan fingerprint density at radius 2 is 2.13 bits per heavy atom. The average Bonchev–Trinajstić information content (AvgIpc) is 3.41. The predicted octanol–water partition coefficient (Wildman–Crippen LogP) is 4.48. The van der Waals surface area contributed by atoms with E-state index in [1.54, 1.807) is 0 Å². The second kappa shape index (κ2) is 6.40. The number of piperidine rings is 1. The van der Waals surface area contributed by atoms with Gasteiger partial charge in [0.25, 0.3) is 0 Å². The predicted molar refractivity (Wildman–Crippen MR) is 114 cm³/mol. The van der Waals surface area contributed by atoms with Crippen molar-refractivity contribution in [3.05, 3.63) is 66.3 Å². The van der Waals surface area contributed by atoms with E-state index in [9.17, 15) is 0 Å². The molecule has 1 saturated carbocycles. The molecule has 2 bridgehead atoms. The van der Waals surface area contributed by atoms with Crippen LogP contribution in [0.15, 0.2) is 53.3 Å². The van der Waals surface area contributed by atoms with E-state index >= 15 is 0 Å². The SMILES string of the molecule is Cc1nnc(C23CCCC(C2)N3Nc2ccc(C)c(-c3cnc4cccn4c3)c2)o1. The molecule has 2 aliphatic rings. The van der Waals surface area contributed by atoms with Crippen LogP contribution in [0.3, 0.4) is 0 Å². The third kappa shape index (κ3) is 2.58. The summed E-state index contributed by atoms with van der Waals surface area (Å²) < 4.78 is 7.92. The van der Waals surface area contributed by atoms with Crippen molar-refractivity contribution in [3.63, 3.8) is 0 Å². The molecule has 4 heterocycles. The van der Waals surface area contributed by atoms with Gasteiger partial charge < -0.3 is 14.2 Å². The Bertz CT molecular complexity index is 1240. The monoisotopic (exact) mass is 400 g/mol. The highest BCUT2D eigenvalue weighted by Crippen LogP contribution is 2.53. The van der Waals surface area contributed by atoms with Crippen molar-refractivity contribution in [2.45, 2.75) is 51.1 Å². The summed E-state index contributed by atoms with van der Waals surface area (Å²) in [6.07, 6.45) is 10.6. The number of nitrogens with one attached hydrogen (secondary N) is 1. The first-order chi connectivity index (χ1) is 14.6. The van der Waals surface area contributed by atoms with E-state index in [1.807, 2.05) is 31.5 Å². The maximum absolute atomic E-state index is 5.86. The highest BCUT2D eigenvalue weighted by Gasteiger charge is 2.59. The molecule has 1 aliphatic heterocycles. The molecule has 0 amide bonds. The van der Waals surface area contributed by atoms with E-state index in [1.165, 1.54) is 24.0 Å². The first-order valence-electron chi connectivity index (χ1n) is 10.5. The van der Waals surface area contributed by atoms with E-state index in [0.717, 1.165) is 35.6 Å². The van der Waals surface area contributed by atoms with Gasteiger partial charge in [-0.2, -0.15) is 0 Å². The number of rotatable bonds is 4. The van der Waals surface area contributed by atoms with Gasteiger partial charge in [0.15, 0.2) is 0 Å². The van der Waals surface area contributed by atoms with Gasteiger partial charge in [0.1, 0.15) is 11.2 Å². The zero-order valence-corrected chi connectivity index (χ0v) is 17.2. The van der Waals surface area contributed by atoms with Gasteiger partial charge in [0.2, 0.25) is 11.8 Å². The molecule has 1 saturated heterocycles. The minimum absolute atomic E-state index is 0.194. The molecule has 7 nitrogen and oxygen atoms in total. The summed E-state index contributed by atoms with van der Waals surface area (Å²) >= 11 is 0. The van der Waals surface area contributed by atoms with Crippen molar-refractivity contribution >= 4 is 11.3 Å². The van der Waals surface area contributed by atoms with Crippen molar-refractivity contribution < 1.29 is 4.42 Å². The maximum atomic E-state index is 5.86. The molecule has 3 aromatic heterocycles. The number of aryl methyl sites for hydroxylation is 2. The topological polar surface area (TPSA) is 71.5 Å². The van der Waals surface area contributed by atoms with Crippen LogP contribution in [-0.2, 0) is 5.54 Å². The summed E-state index contributed by atoms with van der Waals surface area (Å²) in [4.78, 5) is 4.58. The van der Waals surface area contributed by atoms with Crippen LogP contribution in [-0.4, -0.2) is 30.6 Å². The van der Waals surface area contributed by atoms with E-state index in [2.05, 4.69) is 61.3 Å². The first-order valence-corrected chi connectivity index (χ1v) is 10.5. The Hall–Kier alpha value is -3.19. The van der Waals surface area contributed by atoms with Crippen LogP contribution < -0.4 is 5.43 Å². The molecule has 4 aromatic rings. The van der Waals surface area contributed by atoms with Gasteiger partial charge >= 0.3 is 0 Å². The number of fused-ring (bicyclic) bond motifs is 3. The summed E-state index contributed by atoms with van der Waals surface area (Å²) in [7, 11) is 0. The Morgan fingerprint density at radius 3 is 2.97 bits per heavy atom. The maximum Gasteiger partial charge on any atom is 0.238 e. The van der Waals surface area contributed by atoms with Gasteiger partial charge in [0, 0.05) is 42.8 Å². The Kier molecular flexibility index (Phi) is 3.77. The van der Waals surface area contributed by atoms with Gasteiger partial charge in [-0.15, -0.1) is 10.2 Å². The molecule has 2 atom stereocenters. The van der Waals surface area contributed by atoms with Gasteiger partial charge in [0.05, 0.1) is 0 Å². The summed E-state index contributed by atoms with van der Waals surface area (Å²) in [6.45, 7) is 3.99. The van der Waals surface area contributed by atoms with Crippen molar-refractivity contribution in [1.82, 2.24) is 24.6 Å². The zero-order valence-electron chi connectivity index (χ0n) is 17.2. The minimum Gasteiger partial charge on any atom is -0.423 e. The van der Waals surface area contributed by atoms with E-state index in [0.29, 0.717) is 11.9 Å². The molecule has 1 aliphatic carbocycles. The van der Waals surface area contributed by atoms with E-state index < -0.39 is 0 Å². The standard InChI is InChI=1S/C23H24N6O/c1-15-7-8-18(11-20(15)17-13-24-21-6-4-10-28(21)14-17)27-29-19-5-3-9-23(29,12-19)22-26-25-16(2)30-22/h4,6-8,10-11,13-14,19,27H,3,5,9,12H2,1-2H3. The third-order valence-electron chi connectivity index (χ3n) is 6.62. The summed E-state index contributed by atoms with van der Waals surface area (Å²) in [5.74, 6) is 1.36. The van der Waals surface area contributed by atoms with Crippen LogP contribution in [0.1, 0.15) is 43.0 Å². The number of hydrazine groups is 1. The molecular formula is C23H24N6O. The van der Waals surface area contributed by atoms with E-state index in [4.69, 9.17) is 4.42 Å². The number of hydrogen-bond acceptors (Lipinski definition) is 6. The lowest BCUT2D eigenvalue weighted by Crippen LogP contribution is -2.68. The normalized spacial score (nSPS) is 23.5. The lowest BCUT2D eigenvalue weighted by molar-refractivity contribution is -0.115. The average molecular weight is 400 g/mol. The molecule has 0 spiro atoms. The smallest absolute Gasteiger partial charge is 0.238 e. The number of benzene rings is 1. The van der Waals surface area contributed by atoms with Crippen molar-refractivity contribution in [2.24, 2.45) is 0 Å². The van der Waals surface area contributed by atoms with Crippen LogP contribution in [0.2, 0.25) is 0 Å². The zero-order chi connectivity index (χ0) is 20.3. The van der Waals surface area contributed by atoms with Crippen LogP contribution in [0, 0.1) is 13.8 Å². The molecule has 152 valence electrons. The molecule has 1 aromatic carbocycles. The van der Waals surface area contributed by atoms with Crippen molar-refractivity contribution in [3.8, 4) is 11.1 Å². The molecule has 30 heavy (non-hydrogen) atoms. The fraction of sp³-hybridized carbons (Fsp3) is 0.348. The number of anilines is 1. The molecule has 1 N–H and O–H groups in total.